The summed E-state index contributed by atoms with van der Waals surface area (Å²) in [6.45, 7) is 5.73. The Morgan fingerprint density at radius 3 is 1.38 bits per heavy atom. The summed E-state index contributed by atoms with van der Waals surface area (Å²) in [5.74, 6) is -1.51. The molecular weight excluding hydrogens is 913 g/mol. The van der Waals surface area contributed by atoms with Crippen LogP contribution in [0.25, 0.3) is 32.3 Å². The van der Waals surface area contributed by atoms with E-state index >= 15 is 0 Å². The molecule has 352 valence electrons. The summed E-state index contributed by atoms with van der Waals surface area (Å²) < 4.78 is 11.3. The first kappa shape index (κ1) is 45.9. The van der Waals surface area contributed by atoms with Crippen LogP contribution in [-0.4, -0.2) is 26.7 Å². The molecule has 1 unspecified atom stereocenters. The molecule has 0 spiro atoms. The molecule has 0 radical (unpaired) electrons. The number of anilines is 3. The minimum absolute atomic E-state index is 0.0296. The number of hydrogen-bond donors (Lipinski definition) is 0. The van der Waals surface area contributed by atoms with Crippen LogP contribution in [0.3, 0.4) is 0 Å². The van der Waals surface area contributed by atoms with Crippen LogP contribution in [0, 0.1) is 44.2 Å². The Labute approximate surface area is 410 Å². The third-order valence-corrected chi connectivity index (χ3v) is 13.1. The minimum atomic E-state index is -1.03. The van der Waals surface area contributed by atoms with Crippen molar-refractivity contribution in [3.8, 4) is 11.5 Å². The maximum Gasteiger partial charge on any atom is 0.344 e. The molecule has 0 heterocycles. The van der Waals surface area contributed by atoms with E-state index in [4.69, 9.17) is 9.47 Å². The Kier molecular flexibility index (Phi) is 11.6. The lowest BCUT2D eigenvalue weighted by Gasteiger charge is -2.33. The average molecular weight is 953 g/mol. The number of nitro benzene ring substituents is 3. The number of nitro groups is 3. The van der Waals surface area contributed by atoms with Crippen molar-refractivity contribution in [3.63, 3.8) is 0 Å². The maximum absolute atomic E-state index is 13.3. The Morgan fingerprint density at radius 2 is 0.875 bits per heavy atom. The van der Waals surface area contributed by atoms with E-state index in [1.54, 1.807) is 43.3 Å². The largest absolute Gasteiger partial charge is 0.423 e. The van der Waals surface area contributed by atoms with Crippen LogP contribution in [0.2, 0.25) is 0 Å². The number of aryl methyl sites for hydroxylation is 2. The first-order chi connectivity index (χ1) is 34.6. The molecule has 10 aromatic rings. The average Bonchev–Trinajstić information content (AvgIpc) is 3.39. The first-order valence-corrected chi connectivity index (χ1v) is 22.6. The molecule has 14 nitrogen and oxygen atoms in total. The molecule has 1 atom stereocenters. The summed E-state index contributed by atoms with van der Waals surface area (Å²) in [7, 11) is 0. The van der Waals surface area contributed by atoms with Crippen molar-refractivity contribution < 1.29 is 33.8 Å². The van der Waals surface area contributed by atoms with E-state index < -0.39 is 43.5 Å². The fourth-order valence-electron chi connectivity index (χ4n) is 9.43. The Morgan fingerprint density at radius 1 is 0.458 bits per heavy atom. The van der Waals surface area contributed by atoms with Gasteiger partial charge >= 0.3 is 11.9 Å². The smallest absolute Gasteiger partial charge is 0.344 e. The normalized spacial score (nSPS) is 12.1. The van der Waals surface area contributed by atoms with Gasteiger partial charge in [0.2, 0.25) is 0 Å². The molecule has 72 heavy (non-hydrogen) atoms. The molecular formula is C58H40N4O10. The summed E-state index contributed by atoms with van der Waals surface area (Å²) in [5, 5.41) is 41.5. The van der Waals surface area contributed by atoms with E-state index in [-0.39, 0.29) is 28.3 Å². The number of esters is 2. The van der Waals surface area contributed by atoms with E-state index in [0.717, 1.165) is 79.1 Å². The fourth-order valence-corrected chi connectivity index (χ4v) is 9.43. The zero-order valence-electron chi connectivity index (χ0n) is 38.8. The Hall–Kier alpha value is -9.82. The van der Waals surface area contributed by atoms with Crippen molar-refractivity contribution >= 4 is 78.4 Å². The van der Waals surface area contributed by atoms with Crippen molar-refractivity contribution in [2.75, 3.05) is 4.90 Å². The molecule has 0 bridgehead atoms. The lowest BCUT2D eigenvalue weighted by molar-refractivity contribution is -0.394. The van der Waals surface area contributed by atoms with Gasteiger partial charge in [-0.25, -0.2) is 9.59 Å². The fraction of sp³-hybridized carbons (Fsp3) is 0.0690. The second-order valence-electron chi connectivity index (χ2n) is 17.7. The van der Waals surface area contributed by atoms with Gasteiger partial charge in [-0.3, -0.25) is 30.3 Å². The highest BCUT2D eigenvalue weighted by Gasteiger charge is 2.33. The molecule has 0 N–H and O–H groups in total. The second-order valence-corrected chi connectivity index (χ2v) is 17.7. The predicted molar refractivity (Wildman–Crippen MR) is 276 cm³/mol. The van der Waals surface area contributed by atoms with E-state index in [1.165, 1.54) is 29.0 Å². The second kappa shape index (κ2) is 18.3. The van der Waals surface area contributed by atoms with Crippen LogP contribution in [0.5, 0.6) is 11.5 Å². The molecule has 10 rings (SSSR count). The SMILES string of the molecule is Cc1ccc(N(c2ccc(C(C)(c3ccc(OC(=O)c4cc(C)cc([N+](=O)[O-])c4)cc3)c3ccc(OC(=O)c4cc([N+](=O)[O-])cc([N+](=O)[O-])c4)cc3)cc2)c2ccc3ccc4cccc5ccc2c3c45)cc1. The highest BCUT2D eigenvalue weighted by molar-refractivity contribution is 6.25. The standard InChI is InChI=1S/C58H40N4O10/c1-35-7-19-45(20-8-35)59(53-28-12-39-10-9-37-5-4-6-38-11-27-52(53)55(39)54(37)38)46-21-13-42(14-22-46)58(3,43-15-23-50(24-16-43)71-56(63)40-29-36(2)30-47(31-40)60(65)66)44-17-25-51(26-18-44)72-57(64)41-32-48(61(67)68)34-49(33-41)62(69)70/h4-34H,1-3H3. The zero-order chi connectivity index (χ0) is 50.4. The van der Waals surface area contributed by atoms with Gasteiger partial charge in [0.05, 0.1) is 37.7 Å². The highest BCUT2D eigenvalue weighted by Crippen LogP contribution is 2.46. The molecule has 0 aromatic heterocycles. The van der Waals surface area contributed by atoms with Gasteiger partial charge in [0.1, 0.15) is 11.5 Å². The van der Waals surface area contributed by atoms with E-state index in [1.807, 2.05) is 31.2 Å². The van der Waals surface area contributed by atoms with Crippen molar-refractivity contribution in [1.29, 1.82) is 0 Å². The van der Waals surface area contributed by atoms with Crippen LogP contribution in [0.1, 0.15) is 55.5 Å². The number of non-ortho nitro benzene ring substituents is 3. The molecule has 0 saturated carbocycles. The summed E-state index contributed by atoms with van der Waals surface area (Å²) in [6.07, 6.45) is 0. The topological polar surface area (TPSA) is 185 Å². The Balaban J connectivity index is 1.04. The number of carbonyl (C=O) groups is 2. The maximum atomic E-state index is 13.3. The molecule has 10 aromatic carbocycles. The summed E-state index contributed by atoms with van der Waals surface area (Å²) >= 11 is 0. The van der Waals surface area contributed by atoms with Crippen molar-refractivity contribution in [2.45, 2.75) is 26.2 Å². The van der Waals surface area contributed by atoms with E-state index in [9.17, 15) is 39.9 Å². The summed E-state index contributed by atoms with van der Waals surface area (Å²) in [4.78, 5) is 61.2. The van der Waals surface area contributed by atoms with E-state index in [0.29, 0.717) is 5.56 Å². The minimum Gasteiger partial charge on any atom is -0.423 e. The molecule has 0 fully saturated rings. The summed E-state index contributed by atoms with van der Waals surface area (Å²) in [5.41, 5.74) is 4.11. The van der Waals surface area contributed by atoms with Crippen LogP contribution in [0.15, 0.2) is 188 Å². The third kappa shape index (κ3) is 8.53. The van der Waals surface area contributed by atoms with Gasteiger partial charge < -0.3 is 14.4 Å². The molecule has 0 aliphatic heterocycles. The van der Waals surface area contributed by atoms with Gasteiger partial charge in [0.15, 0.2) is 0 Å². The van der Waals surface area contributed by atoms with Gasteiger partial charge in [-0.15, -0.1) is 0 Å². The van der Waals surface area contributed by atoms with Crippen LogP contribution < -0.4 is 14.4 Å². The van der Waals surface area contributed by atoms with Crippen LogP contribution in [0.4, 0.5) is 34.1 Å². The number of benzene rings is 10. The first-order valence-electron chi connectivity index (χ1n) is 22.6. The quantitative estimate of drug-likeness (QED) is 0.0267. The molecule has 0 amide bonds. The molecule has 14 heteroatoms. The van der Waals surface area contributed by atoms with Crippen LogP contribution >= 0.6 is 0 Å². The Bertz CT molecular complexity index is 3760. The highest BCUT2D eigenvalue weighted by atomic mass is 16.6. The van der Waals surface area contributed by atoms with Gasteiger partial charge in [-0.05, 0) is 131 Å². The molecule has 0 aliphatic carbocycles. The number of rotatable bonds is 13. The third-order valence-electron chi connectivity index (χ3n) is 13.1. The summed E-state index contributed by atoms with van der Waals surface area (Å²) in [6, 6.07) is 56.2. The van der Waals surface area contributed by atoms with Crippen molar-refractivity contribution in [3.05, 3.63) is 257 Å². The number of ether oxygens (including phenoxy) is 2. The monoisotopic (exact) mass is 952 g/mol. The van der Waals surface area contributed by atoms with Crippen LogP contribution in [-0.2, 0) is 5.41 Å². The van der Waals surface area contributed by atoms with Crippen molar-refractivity contribution in [1.82, 2.24) is 0 Å². The number of carbonyl (C=O) groups excluding carboxylic acids is 2. The lowest BCUT2D eigenvalue weighted by atomic mass is 9.71. The van der Waals surface area contributed by atoms with Gasteiger partial charge in [0, 0.05) is 46.4 Å². The predicted octanol–water partition coefficient (Wildman–Crippen LogP) is 14.2. The van der Waals surface area contributed by atoms with Gasteiger partial charge in [-0.1, -0.05) is 103 Å². The van der Waals surface area contributed by atoms with Gasteiger partial charge in [-0.2, -0.15) is 0 Å². The zero-order valence-corrected chi connectivity index (χ0v) is 38.8. The van der Waals surface area contributed by atoms with Gasteiger partial charge in [0.25, 0.3) is 17.1 Å². The molecule has 0 aliphatic rings. The number of hydrogen-bond acceptors (Lipinski definition) is 11. The van der Waals surface area contributed by atoms with E-state index in [2.05, 4.69) is 103 Å². The number of nitrogens with zero attached hydrogens (tertiary/aromatic N) is 4. The molecule has 0 saturated heterocycles. The van der Waals surface area contributed by atoms with Crippen molar-refractivity contribution in [2.24, 2.45) is 0 Å². The lowest BCUT2D eigenvalue weighted by Crippen LogP contribution is -2.25.